The van der Waals surface area contributed by atoms with Crippen molar-refractivity contribution in [2.24, 2.45) is 0 Å². The molecule has 0 fully saturated rings. The predicted molar refractivity (Wildman–Crippen MR) is 86.1 cm³/mol. The van der Waals surface area contributed by atoms with Crippen LogP contribution < -0.4 is 0 Å². The zero-order valence-electron chi connectivity index (χ0n) is 9.75. The standard InChI is InChI=1S/C13H6BrCl2FN2S/c14-7-2-1-6(15)3-11(7)19-12-4-8(16)9(17)5-10(12)18-13(19)20/h1-5H,(H,18,20). The summed E-state index contributed by atoms with van der Waals surface area (Å²) in [7, 11) is 0. The first-order valence-corrected chi connectivity index (χ1v) is 7.48. The van der Waals surface area contributed by atoms with Crippen molar-refractivity contribution in [3.8, 4) is 5.69 Å². The summed E-state index contributed by atoms with van der Waals surface area (Å²) in [6, 6.07) is 8.21. The molecular weight excluding hydrogens is 386 g/mol. The van der Waals surface area contributed by atoms with E-state index >= 15 is 0 Å². The van der Waals surface area contributed by atoms with E-state index in [1.54, 1.807) is 16.7 Å². The maximum atomic E-state index is 13.5. The van der Waals surface area contributed by atoms with Gasteiger partial charge in [0.25, 0.3) is 0 Å². The second-order valence-electron chi connectivity index (χ2n) is 4.14. The van der Waals surface area contributed by atoms with Crippen LogP contribution in [0.25, 0.3) is 16.7 Å². The number of hydrogen-bond acceptors (Lipinski definition) is 1. The van der Waals surface area contributed by atoms with Crippen LogP contribution in [0.15, 0.2) is 34.8 Å². The highest BCUT2D eigenvalue weighted by Gasteiger charge is 2.12. The highest BCUT2D eigenvalue weighted by Crippen LogP contribution is 2.30. The summed E-state index contributed by atoms with van der Waals surface area (Å²) >= 11 is 20.6. The van der Waals surface area contributed by atoms with Gasteiger partial charge in [-0.15, -0.1) is 0 Å². The predicted octanol–water partition coefficient (Wildman–Crippen LogP) is 5.90. The largest absolute Gasteiger partial charge is 0.330 e. The van der Waals surface area contributed by atoms with Crippen molar-refractivity contribution in [2.45, 2.75) is 0 Å². The Morgan fingerprint density at radius 2 is 1.95 bits per heavy atom. The summed E-state index contributed by atoms with van der Waals surface area (Å²) in [4.78, 5) is 2.96. The molecule has 0 atom stereocenters. The number of benzene rings is 2. The van der Waals surface area contributed by atoms with Gasteiger partial charge in [0.15, 0.2) is 4.77 Å². The molecule has 1 aromatic heterocycles. The van der Waals surface area contributed by atoms with E-state index in [4.69, 9.17) is 35.4 Å². The smallest absolute Gasteiger partial charge is 0.182 e. The minimum Gasteiger partial charge on any atom is -0.330 e. The van der Waals surface area contributed by atoms with E-state index in [0.717, 1.165) is 10.2 Å². The lowest BCUT2D eigenvalue weighted by atomic mass is 10.2. The van der Waals surface area contributed by atoms with Crippen molar-refractivity contribution >= 4 is 62.4 Å². The van der Waals surface area contributed by atoms with Crippen LogP contribution in [-0.4, -0.2) is 9.55 Å². The van der Waals surface area contributed by atoms with Crippen molar-refractivity contribution in [3.63, 3.8) is 0 Å². The summed E-state index contributed by atoms with van der Waals surface area (Å²) in [5, 5.41) is 0.617. The maximum absolute atomic E-state index is 13.5. The molecule has 0 saturated heterocycles. The summed E-state index contributed by atoms with van der Waals surface area (Å²) < 4.78 is 16.5. The molecule has 2 nitrogen and oxygen atoms in total. The lowest BCUT2D eigenvalue weighted by Crippen LogP contribution is -1.95. The Morgan fingerprint density at radius 1 is 1.20 bits per heavy atom. The van der Waals surface area contributed by atoms with Crippen molar-refractivity contribution in [1.29, 1.82) is 0 Å². The molecule has 0 radical (unpaired) electrons. The molecule has 2 aromatic carbocycles. The topological polar surface area (TPSA) is 20.7 Å². The van der Waals surface area contributed by atoms with Crippen molar-refractivity contribution in [3.05, 3.63) is 55.4 Å². The second kappa shape index (κ2) is 5.15. The lowest BCUT2D eigenvalue weighted by Gasteiger charge is -2.08. The molecule has 0 aliphatic rings. The molecule has 0 bridgehead atoms. The normalized spacial score (nSPS) is 11.2. The number of H-pyrrole nitrogens is 1. The van der Waals surface area contributed by atoms with Gasteiger partial charge in [-0.25, -0.2) is 4.39 Å². The Bertz CT molecular complexity index is 888. The maximum Gasteiger partial charge on any atom is 0.182 e. The summed E-state index contributed by atoms with van der Waals surface area (Å²) in [5.41, 5.74) is 2.02. The van der Waals surface area contributed by atoms with Crippen LogP contribution in [0.4, 0.5) is 4.39 Å². The molecule has 0 unspecified atom stereocenters. The molecule has 0 amide bonds. The first-order chi connectivity index (χ1) is 9.47. The van der Waals surface area contributed by atoms with E-state index < -0.39 is 5.82 Å². The number of nitrogens with one attached hydrogen (secondary N) is 1. The number of aromatic nitrogens is 2. The number of fused-ring (bicyclic) bond motifs is 1. The van der Waals surface area contributed by atoms with Gasteiger partial charge in [-0.3, -0.25) is 4.57 Å². The third-order valence-electron chi connectivity index (χ3n) is 2.87. The van der Waals surface area contributed by atoms with E-state index in [2.05, 4.69) is 20.9 Å². The van der Waals surface area contributed by atoms with Crippen LogP contribution in [0.2, 0.25) is 10.0 Å². The van der Waals surface area contributed by atoms with Gasteiger partial charge in [0, 0.05) is 15.6 Å². The third-order valence-corrected chi connectivity index (χ3v) is 4.35. The van der Waals surface area contributed by atoms with E-state index in [1.165, 1.54) is 12.1 Å². The van der Waals surface area contributed by atoms with Crippen molar-refractivity contribution in [2.75, 3.05) is 0 Å². The van der Waals surface area contributed by atoms with Crippen LogP contribution >= 0.6 is 51.3 Å². The van der Waals surface area contributed by atoms with Gasteiger partial charge in [-0.1, -0.05) is 23.2 Å². The lowest BCUT2D eigenvalue weighted by molar-refractivity contribution is 0.630. The Morgan fingerprint density at radius 3 is 2.70 bits per heavy atom. The van der Waals surface area contributed by atoms with Crippen LogP contribution in [0.5, 0.6) is 0 Å². The Hall–Kier alpha value is -0.880. The Kier molecular flexibility index (Phi) is 3.62. The Balaban J connectivity index is 2.42. The average molecular weight is 392 g/mol. The average Bonchev–Trinajstić information content (AvgIpc) is 2.69. The summed E-state index contributed by atoms with van der Waals surface area (Å²) in [5.74, 6) is -0.493. The molecular formula is C13H6BrCl2FN2S. The van der Waals surface area contributed by atoms with Gasteiger partial charge in [0.2, 0.25) is 0 Å². The fraction of sp³-hybridized carbons (Fsp3) is 0. The first kappa shape index (κ1) is 14.1. The van der Waals surface area contributed by atoms with E-state index in [9.17, 15) is 4.39 Å². The monoisotopic (exact) mass is 390 g/mol. The van der Waals surface area contributed by atoms with Crippen LogP contribution in [-0.2, 0) is 0 Å². The van der Waals surface area contributed by atoms with Crippen LogP contribution in [0, 0.1) is 10.6 Å². The number of hydrogen-bond donors (Lipinski definition) is 1. The fourth-order valence-electron chi connectivity index (χ4n) is 2.00. The minimum absolute atomic E-state index is 0.0402. The molecule has 0 aliphatic carbocycles. The zero-order chi connectivity index (χ0) is 14.4. The SMILES string of the molecule is Fc1cc2[nH]c(=S)n(-c3cc(Cl)ccc3Br)c2cc1Cl. The number of halogens is 4. The second-order valence-corrected chi connectivity index (χ2v) is 6.23. The first-order valence-electron chi connectivity index (χ1n) is 5.52. The number of nitrogens with zero attached hydrogens (tertiary/aromatic N) is 1. The van der Waals surface area contributed by atoms with Gasteiger partial charge in [-0.05, 0) is 52.4 Å². The molecule has 102 valence electrons. The zero-order valence-corrected chi connectivity index (χ0v) is 13.7. The summed E-state index contributed by atoms with van der Waals surface area (Å²) in [6.45, 7) is 0. The fourth-order valence-corrected chi connectivity index (χ4v) is 3.05. The molecule has 20 heavy (non-hydrogen) atoms. The molecule has 1 heterocycles. The minimum atomic E-state index is -0.493. The number of rotatable bonds is 1. The van der Waals surface area contributed by atoms with Crippen molar-refractivity contribution in [1.82, 2.24) is 9.55 Å². The molecule has 0 aliphatic heterocycles. The van der Waals surface area contributed by atoms with Crippen LogP contribution in [0.1, 0.15) is 0 Å². The van der Waals surface area contributed by atoms with E-state index in [-0.39, 0.29) is 5.02 Å². The van der Waals surface area contributed by atoms with Gasteiger partial charge < -0.3 is 4.98 Å². The molecule has 3 aromatic rings. The molecule has 0 saturated carbocycles. The molecule has 7 heteroatoms. The van der Waals surface area contributed by atoms with Gasteiger partial charge in [0.05, 0.1) is 21.7 Å². The molecule has 1 N–H and O–H groups in total. The summed E-state index contributed by atoms with van der Waals surface area (Å²) in [6.07, 6.45) is 0. The van der Waals surface area contributed by atoms with Gasteiger partial charge in [-0.2, -0.15) is 0 Å². The Labute approximate surface area is 137 Å². The van der Waals surface area contributed by atoms with Crippen molar-refractivity contribution < 1.29 is 4.39 Å². The highest BCUT2D eigenvalue weighted by atomic mass is 79.9. The number of imidazole rings is 1. The third kappa shape index (κ3) is 2.29. The molecule has 0 spiro atoms. The van der Waals surface area contributed by atoms with Gasteiger partial charge in [0.1, 0.15) is 5.82 Å². The van der Waals surface area contributed by atoms with Gasteiger partial charge >= 0.3 is 0 Å². The van der Waals surface area contributed by atoms with E-state index in [1.807, 2.05) is 6.07 Å². The highest BCUT2D eigenvalue weighted by molar-refractivity contribution is 9.10. The molecule has 3 rings (SSSR count). The van der Waals surface area contributed by atoms with Crippen LogP contribution in [0.3, 0.4) is 0 Å². The quantitative estimate of drug-likeness (QED) is 0.512. The number of aromatic amines is 1. The van der Waals surface area contributed by atoms with E-state index in [0.29, 0.717) is 20.8 Å².